The molecule has 0 spiro atoms. The summed E-state index contributed by atoms with van der Waals surface area (Å²) in [7, 11) is 0. The van der Waals surface area contributed by atoms with E-state index in [0.29, 0.717) is 0 Å². The quantitative estimate of drug-likeness (QED) is 0.549. The monoisotopic (exact) mass is 358 g/mol. The van der Waals surface area contributed by atoms with Gasteiger partial charge in [-0.3, -0.25) is 9.97 Å². The molecule has 2 aromatic heterocycles. The van der Waals surface area contributed by atoms with Gasteiger partial charge < -0.3 is 4.90 Å². The van der Waals surface area contributed by atoms with Crippen LogP contribution in [0.3, 0.4) is 0 Å². The van der Waals surface area contributed by atoms with E-state index < -0.39 is 0 Å². The van der Waals surface area contributed by atoms with Gasteiger partial charge in [-0.1, -0.05) is 30.3 Å². The number of benzene rings is 2. The molecule has 4 aromatic rings. The van der Waals surface area contributed by atoms with E-state index in [9.17, 15) is 0 Å². The van der Waals surface area contributed by atoms with Crippen molar-refractivity contribution >= 4 is 27.5 Å². The highest BCUT2D eigenvalue weighted by atomic mass is 32.1. The first-order valence-electron chi connectivity index (χ1n) is 8.81. The van der Waals surface area contributed by atoms with E-state index in [-0.39, 0.29) is 0 Å². The Bertz CT molecular complexity index is 1070. The Balaban J connectivity index is 1.35. The molecule has 26 heavy (non-hydrogen) atoms. The zero-order valence-electron chi connectivity index (χ0n) is 14.3. The van der Waals surface area contributed by atoms with Crippen LogP contribution in [0.2, 0.25) is 0 Å². The van der Waals surface area contributed by atoms with Gasteiger partial charge in [0, 0.05) is 43.0 Å². The minimum atomic E-state index is 0.884. The van der Waals surface area contributed by atoms with E-state index in [1.807, 2.05) is 12.3 Å². The molecule has 128 valence electrons. The van der Waals surface area contributed by atoms with Crippen LogP contribution in [0.5, 0.6) is 0 Å². The van der Waals surface area contributed by atoms with Crippen LogP contribution in [0.4, 0.5) is 5.13 Å². The Labute approximate surface area is 156 Å². The molecule has 4 nitrogen and oxygen atoms in total. The number of fused-ring (bicyclic) bond motifs is 2. The Hall–Kier alpha value is -2.79. The Morgan fingerprint density at radius 3 is 2.69 bits per heavy atom. The van der Waals surface area contributed by atoms with Gasteiger partial charge in [0.15, 0.2) is 5.13 Å². The maximum atomic E-state index is 4.69. The molecule has 0 unspecified atom stereocenters. The summed E-state index contributed by atoms with van der Waals surface area (Å²) in [6.45, 7) is 1.99. The molecule has 0 aliphatic carbocycles. The van der Waals surface area contributed by atoms with Crippen molar-refractivity contribution < 1.29 is 0 Å². The molecule has 0 saturated heterocycles. The van der Waals surface area contributed by atoms with Crippen LogP contribution in [0, 0.1) is 0 Å². The van der Waals surface area contributed by atoms with E-state index in [1.54, 1.807) is 23.7 Å². The van der Waals surface area contributed by atoms with Gasteiger partial charge in [0.1, 0.15) is 0 Å². The van der Waals surface area contributed by atoms with Crippen LogP contribution in [-0.4, -0.2) is 21.5 Å². The van der Waals surface area contributed by atoms with Gasteiger partial charge in [-0.05, 0) is 35.2 Å². The number of rotatable bonds is 3. The van der Waals surface area contributed by atoms with Gasteiger partial charge in [0.2, 0.25) is 0 Å². The zero-order chi connectivity index (χ0) is 17.3. The van der Waals surface area contributed by atoms with Crippen molar-refractivity contribution in [1.29, 1.82) is 0 Å². The summed E-state index contributed by atoms with van der Waals surface area (Å²) >= 11 is 1.79. The van der Waals surface area contributed by atoms with Gasteiger partial charge in [0.05, 0.1) is 11.0 Å². The highest BCUT2D eigenvalue weighted by Crippen LogP contribution is 2.29. The lowest BCUT2D eigenvalue weighted by molar-refractivity contribution is 0.729. The largest absolute Gasteiger partial charge is 0.343 e. The van der Waals surface area contributed by atoms with Crippen molar-refractivity contribution in [2.24, 2.45) is 0 Å². The lowest BCUT2D eigenvalue weighted by Gasteiger charge is -2.28. The summed E-state index contributed by atoms with van der Waals surface area (Å²) in [5.74, 6) is 0. The molecule has 0 fully saturated rings. The van der Waals surface area contributed by atoms with Crippen molar-refractivity contribution in [3.05, 3.63) is 82.6 Å². The fourth-order valence-corrected chi connectivity index (χ4v) is 4.47. The molecule has 2 aromatic carbocycles. The van der Waals surface area contributed by atoms with Crippen LogP contribution in [0.25, 0.3) is 11.0 Å². The van der Waals surface area contributed by atoms with Crippen molar-refractivity contribution in [2.45, 2.75) is 19.4 Å². The Morgan fingerprint density at radius 1 is 0.923 bits per heavy atom. The van der Waals surface area contributed by atoms with Crippen LogP contribution in [0.15, 0.2) is 61.1 Å². The molecular weight excluding hydrogens is 340 g/mol. The average molecular weight is 358 g/mol. The topological polar surface area (TPSA) is 41.9 Å². The minimum absolute atomic E-state index is 0.884. The molecule has 5 rings (SSSR count). The number of aromatic nitrogens is 3. The minimum Gasteiger partial charge on any atom is -0.343 e. The first-order chi connectivity index (χ1) is 12.8. The fraction of sp³-hybridized carbons (Fsp3) is 0.190. The molecule has 1 aliphatic rings. The fourth-order valence-electron chi connectivity index (χ4n) is 3.50. The van der Waals surface area contributed by atoms with Gasteiger partial charge in [-0.2, -0.15) is 0 Å². The third kappa shape index (κ3) is 2.95. The highest BCUT2D eigenvalue weighted by Gasteiger charge is 2.18. The van der Waals surface area contributed by atoms with Crippen LogP contribution < -0.4 is 4.90 Å². The van der Waals surface area contributed by atoms with Crippen LogP contribution >= 0.6 is 11.3 Å². The van der Waals surface area contributed by atoms with E-state index in [1.165, 1.54) is 21.6 Å². The Morgan fingerprint density at radius 2 is 1.77 bits per heavy atom. The summed E-state index contributed by atoms with van der Waals surface area (Å²) in [5.41, 5.74) is 6.02. The summed E-state index contributed by atoms with van der Waals surface area (Å²) in [4.78, 5) is 17.1. The van der Waals surface area contributed by atoms with Crippen LogP contribution in [0.1, 0.15) is 21.6 Å². The number of hydrogen-bond donors (Lipinski definition) is 0. The maximum absolute atomic E-state index is 4.69. The van der Waals surface area contributed by atoms with E-state index >= 15 is 0 Å². The second-order valence-corrected chi connectivity index (χ2v) is 7.70. The molecule has 0 amide bonds. The summed E-state index contributed by atoms with van der Waals surface area (Å²) < 4.78 is 0. The number of thiazole rings is 1. The number of nitrogens with zero attached hydrogens (tertiary/aromatic N) is 4. The SMILES string of the molecule is c1ccc2c(c1)CCN(c1ncc(Cc3ccc4nccnc4c3)s1)C2. The standard InChI is InChI=1S/C21H18N4S/c1-2-4-17-14-25(10-7-16(17)3-1)21-24-13-18(26-21)11-15-5-6-19-20(12-15)23-9-8-22-19/h1-6,8-9,12-13H,7,10-11,14H2. The van der Waals surface area contributed by atoms with Gasteiger partial charge >= 0.3 is 0 Å². The summed E-state index contributed by atoms with van der Waals surface area (Å²) in [5, 5.41) is 1.12. The Kier molecular flexibility index (Phi) is 3.87. The number of hydrogen-bond acceptors (Lipinski definition) is 5. The average Bonchev–Trinajstić information content (AvgIpc) is 3.16. The van der Waals surface area contributed by atoms with E-state index in [2.05, 4.69) is 56.3 Å². The molecular formula is C21H18N4S. The smallest absolute Gasteiger partial charge is 0.185 e. The lowest BCUT2D eigenvalue weighted by atomic mass is 10.0. The third-order valence-corrected chi connectivity index (χ3v) is 5.91. The van der Waals surface area contributed by atoms with Crippen LogP contribution in [-0.2, 0) is 19.4 Å². The molecule has 0 atom stereocenters. The van der Waals surface area contributed by atoms with Gasteiger partial charge in [-0.25, -0.2) is 4.98 Å². The van der Waals surface area contributed by atoms with Crippen molar-refractivity contribution in [1.82, 2.24) is 15.0 Å². The predicted octanol–water partition coefficient (Wildman–Crippen LogP) is 4.24. The number of anilines is 1. The maximum Gasteiger partial charge on any atom is 0.185 e. The second-order valence-electron chi connectivity index (χ2n) is 6.61. The van der Waals surface area contributed by atoms with Crippen molar-refractivity contribution in [3.8, 4) is 0 Å². The van der Waals surface area contributed by atoms with Gasteiger partial charge in [-0.15, -0.1) is 11.3 Å². The molecule has 1 aliphatic heterocycles. The highest BCUT2D eigenvalue weighted by molar-refractivity contribution is 7.15. The molecule has 5 heteroatoms. The second kappa shape index (κ2) is 6.50. The summed E-state index contributed by atoms with van der Waals surface area (Å²) in [6.07, 6.45) is 7.46. The molecule has 0 N–H and O–H groups in total. The molecule has 0 saturated carbocycles. The van der Waals surface area contributed by atoms with Gasteiger partial charge in [0.25, 0.3) is 0 Å². The van der Waals surface area contributed by atoms with Crippen molar-refractivity contribution in [3.63, 3.8) is 0 Å². The first kappa shape index (κ1) is 15.5. The first-order valence-corrected chi connectivity index (χ1v) is 9.63. The van der Waals surface area contributed by atoms with Crippen molar-refractivity contribution in [2.75, 3.05) is 11.4 Å². The third-order valence-electron chi connectivity index (χ3n) is 4.85. The predicted molar refractivity (Wildman–Crippen MR) is 106 cm³/mol. The molecule has 0 radical (unpaired) electrons. The summed E-state index contributed by atoms with van der Waals surface area (Å²) in [6, 6.07) is 15.0. The van der Waals surface area contributed by atoms with E-state index in [0.717, 1.165) is 42.1 Å². The molecule has 0 bridgehead atoms. The zero-order valence-corrected chi connectivity index (χ0v) is 15.1. The molecule has 3 heterocycles. The lowest BCUT2D eigenvalue weighted by Crippen LogP contribution is -2.30. The normalized spacial score (nSPS) is 13.8. The van der Waals surface area contributed by atoms with E-state index in [4.69, 9.17) is 0 Å².